The number of hydrogen-bond acceptors (Lipinski definition) is 3. The summed E-state index contributed by atoms with van der Waals surface area (Å²) in [5.41, 5.74) is 2.94. The molecule has 2 rings (SSSR count). The average Bonchev–Trinajstić information content (AvgIpc) is 3.08. The second kappa shape index (κ2) is 4.50. The number of aromatic nitrogens is 1. The maximum absolute atomic E-state index is 12.7. The summed E-state index contributed by atoms with van der Waals surface area (Å²) in [5, 5.41) is 2.46. The van der Waals surface area contributed by atoms with Crippen LogP contribution in [0.15, 0.2) is 12.3 Å². The molecule has 0 spiro atoms. The minimum atomic E-state index is -4.29. The van der Waals surface area contributed by atoms with Gasteiger partial charge in [-0.25, -0.2) is 13.8 Å². The Balaban J connectivity index is 2.07. The highest BCUT2D eigenvalue weighted by Crippen LogP contribution is 2.57. The molecule has 0 saturated heterocycles. The van der Waals surface area contributed by atoms with E-state index in [0.717, 1.165) is 12.3 Å². The summed E-state index contributed by atoms with van der Waals surface area (Å²) in [5.74, 6) is -0.0278. The van der Waals surface area contributed by atoms with E-state index < -0.39 is 23.6 Å². The van der Waals surface area contributed by atoms with Crippen molar-refractivity contribution in [3.63, 3.8) is 0 Å². The van der Waals surface area contributed by atoms with Crippen LogP contribution in [-0.2, 0) is 0 Å². The standard InChI is InChI=1S/C11H12F5N3/c12-9(13)6-3-8(18-4-7(6)17)19-5-10(1-2-10)11(14,15)16/h3-4,9H,1-2,5,17H2,(H,18,19). The molecule has 0 aromatic carbocycles. The highest BCUT2D eigenvalue weighted by Gasteiger charge is 2.62. The molecule has 1 aromatic heterocycles. The maximum Gasteiger partial charge on any atom is 0.396 e. The van der Waals surface area contributed by atoms with Gasteiger partial charge < -0.3 is 11.1 Å². The second-order valence-electron chi connectivity index (χ2n) is 4.63. The number of nitrogens with two attached hydrogens (primary N) is 1. The van der Waals surface area contributed by atoms with Gasteiger partial charge in [-0.15, -0.1) is 0 Å². The summed E-state index contributed by atoms with van der Waals surface area (Å²) < 4.78 is 63.1. The van der Waals surface area contributed by atoms with Crippen LogP contribution in [0.25, 0.3) is 0 Å². The zero-order valence-electron chi connectivity index (χ0n) is 9.77. The van der Waals surface area contributed by atoms with Crippen molar-refractivity contribution in [1.82, 2.24) is 4.98 Å². The van der Waals surface area contributed by atoms with Crippen molar-refractivity contribution in [3.8, 4) is 0 Å². The Morgan fingerprint density at radius 1 is 1.37 bits per heavy atom. The third kappa shape index (κ3) is 2.71. The molecule has 0 amide bonds. The van der Waals surface area contributed by atoms with E-state index in [0.29, 0.717) is 0 Å². The Morgan fingerprint density at radius 3 is 2.47 bits per heavy atom. The fourth-order valence-corrected chi connectivity index (χ4v) is 1.74. The number of pyridine rings is 1. The van der Waals surface area contributed by atoms with E-state index in [-0.39, 0.29) is 30.9 Å². The number of hydrogen-bond donors (Lipinski definition) is 2. The molecular weight excluding hydrogens is 269 g/mol. The van der Waals surface area contributed by atoms with Gasteiger partial charge >= 0.3 is 6.18 Å². The van der Waals surface area contributed by atoms with E-state index in [1.54, 1.807) is 0 Å². The lowest BCUT2D eigenvalue weighted by atomic mass is 10.1. The zero-order chi connectivity index (χ0) is 14.3. The Morgan fingerprint density at radius 2 is 2.00 bits per heavy atom. The lowest BCUT2D eigenvalue weighted by molar-refractivity contribution is -0.182. The van der Waals surface area contributed by atoms with Crippen molar-refractivity contribution in [2.45, 2.75) is 25.4 Å². The van der Waals surface area contributed by atoms with Crippen LogP contribution in [0.2, 0.25) is 0 Å². The van der Waals surface area contributed by atoms with Gasteiger partial charge in [-0.3, -0.25) is 0 Å². The summed E-state index contributed by atoms with van der Waals surface area (Å²) in [6.45, 7) is -0.365. The van der Waals surface area contributed by atoms with Crippen LogP contribution in [0.3, 0.4) is 0 Å². The van der Waals surface area contributed by atoms with Gasteiger partial charge in [0.2, 0.25) is 0 Å². The molecule has 1 aromatic rings. The van der Waals surface area contributed by atoms with Crippen molar-refractivity contribution >= 4 is 11.5 Å². The van der Waals surface area contributed by atoms with E-state index in [2.05, 4.69) is 10.3 Å². The van der Waals surface area contributed by atoms with Gasteiger partial charge in [-0.2, -0.15) is 13.2 Å². The molecule has 3 N–H and O–H groups in total. The number of anilines is 2. The Bertz CT molecular complexity index is 468. The van der Waals surface area contributed by atoms with Crippen molar-refractivity contribution in [1.29, 1.82) is 0 Å². The van der Waals surface area contributed by atoms with Crippen molar-refractivity contribution < 1.29 is 22.0 Å². The summed E-state index contributed by atoms with van der Waals surface area (Å²) in [6.07, 6.45) is -5.99. The first-order valence-corrected chi connectivity index (χ1v) is 5.59. The lowest BCUT2D eigenvalue weighted by Gasteiger charge is -2.20. The topological polar surface area (TPSA) is 50.9 Å². The predicted octanol–water partition coefficient (Wildman–Crippen LogP) is 3.36. The zero-order valence-corrected chi connectivity index (χ0v) is 9.77. The number of nitrogens with zero attached hydrogens (tertiary/aromatic N) is 1. The summed E-state index contributed by atoms with van der Waals surface area (Å²) in [7, 11) is 0. The molecule has 19 heavy (non-hydrogen) atoms. The van der Waals surface area contributed by atoms with Crippen LogP contribution in [0, 0.1) is 5.41 Å². The van der Waals surface area contributed by atoms with Gasteiger partial charge in [-0.05, 0) is 18.9 Å². The molecule has 0 bridgehead atoms. The second-order valence-corrected chi connectivity index (χ2v) is 4.63. The van der Waals surface area contributed by atoms with Gasteiger partial charge in [0.25, 0.3) is 6.43 Å². The van der Waals surface area contributed by atoms with Gasteiger partial charge in [-0.1, -0.05) is 0 Å². The maximum atomic E-state index is 12.7. The van der Waals surface area contributed by atoms with E-state index >= 15 is 0 Å². The Hall–Kier alpha value is -1.60. The van der Waals surface area contributed by atoms with Crippen molar-refractivity contribution in [2.24, 2.45) is 5.41 Å². The van der Waals surface area contributed by atoms with E-state index in [1.807, 2.05) is 0 Å². The number of rotatable bonds is 4. The molecule has 106 valence electrons. The number of nitrogens with one attached hydrogen (secondary N) is 1. The first-order chi connectivity index (χ1) is 8.75. The van der Waals surface area contributed by atoms with Crippen LogP contribution < -0.4 is 11.1 Å². The summed E-state index contributed by atoms with van der Waals surface area (Å²) >= 11 is 0. The molecule has 1 saturated carbocycles. The van der Waals surface area contributed by atoms with Gasteiger partial charge in [0.05, 0.1) is 17.3 Å². The molecule has 0 atom stereocenters. The molecule has 1 aliphatic carbocycles. The largest absolute Gasteiger partial charge is 0.397 e. The quantitative estimate of drug-likeness (QED) is 0.832. The van der Waals surface area contributed by atoms with Gasteiger partial charge in [0.15, 0.2) is 0 Å². The van der Waals surface area contributed by atoms with Crippen LogP contribution in [0.1, 0.15) is 24.8 Å². The third-order valence-corrected chi connectivity index (χ3v) is 3.27. The van der Waals surface area contributed by atoms with Crippen LogP contribution >= 0.6 is 0 Å². The number of halogens is 5. The van der Waals surface area contributed by atoms with E-state index in [4.69, 9.17) is 5.73 Å². The Kier molecular flexibility index (Phi) is 3.27. The van der Waals surface area contributed by atoms with E-state index in [9.17, 15) is 22.0 Å². The van der Waals surface area contributed by atoms with E-state index in [1.165, 1.54) is 0 Å². The third-order valence-electron chi connectivity index (χ3n) is 3.27. The SMILES string of the molecule is Nc1cnc(NCC2(C(F)(F)F)CC2)cc1C(F)F. The average molecular weight is 281 g/mol. The first-order valence-electron chi connectivity index (χ1n) is 5.59. The normalized spacial score (nSPS) is 17.6. The monoisotopic (exact) mass is 281 g/mol. The predicted molar refractivity (Wildman–Crippen MR) is 59.8 cm³/mol. The highest BCUT2D eigenvalue weighted by atomic mass is 19.4. The summed E-state index contributed by atoms with van der Waals surface area (Å²) in [4.78, 5) is 3.70. The molecule has 0 aliphatic heterocycles. The highest BCUT2D eigenvalue weighted by molar-refractivity contribution is 5.52. The Labute approximate surface area is 106 Å². The fourth-order valence-electron chi connectivity index (χ4n) is 1.74. The summed E-state index contributed by atoms with van der Waals surface area (Å²) in [6, 6.07) is 0.979. The van der Waals surface area contributed by atoms with Gasteiger partial charge in [0.1, 0.15) is 5.82 Å². The molecule has 1 aliphatic rings. The molecule has 8 heteroatoms. The fraction of sp³-hybridized carbons (Fsp3) is 0.545. The molecular formula is C11H12F5N3. The number of nitrogen functional groups attached to an aromatic ring is 1. The molecule has 0 radical (unpaired) electrons. The van der Waals surface area contributed by atoms with Crippen LogP contribution in [-0.4, -0.2) is 17.7 Å². The minimum Gasteiger partial charge on any atom is -0.397 e. The van der Waals surface area contributed by atoms with Crippen LogP contribution in [0.5, 0.6) is 0 Å². The first kappa shape index (κ1) is 13.8. The van der Waals surface area contributed by atoms with Crippen molar-refractivity contribution in [2.75, 3.05) is 17.6 Å². The minimum absolute atomic E-state index is 0.0278. The molecule has 3 nitrogen and oxygen atoms in total. The van der Waals surface area contributed by atoms with Gasteiger partial charge in [0, 0.05) is 12.1 Å². The lowest BCUT2D eigenvalue weighted by Crippen LogP contribution is -2.31. The molecule has 1 heterocycles. The molecule has 0 unspecified atom stereocenters. The molecule has 1 fully saturated rings. The van der Waals surface area contributed by atoms with Crippen molar-refractivity contribution in [3.05, 3.63) is 17.8 Å². The van der Waals surface area contributed by atoms with Crippen LogP contribution in [0.4, 0.5) is 33.5 Å². The smallest absolute Gasteiger partial charge is 0.396 e. The number of alkyl halides is 5.